The molecule has 1 spiro atoms. The topological polar surface area (TPSA) is 27.7 Å². The summed E-state index contributed by atoms with van der Waals surface area (Å²) in [5.41, 5.74) is 4.79. The number of nitrogens with one attached hydrogen (secondary N) is 1. The average Bonchev–Trinajstić information content (AvgIpc) is 3.45. The van der Waals surface area contributed by atoms with E-state index >= 15 is 0 Å². The highest BCUT2D eigenvalue weighted by atomic mass is 19.1. The quantitative estimate of drug-likeness (QED) is 0.372. The number of nitrogens with zero attached hydrogens (tertiary/aromatic N) is 2. The van der Waals surface area contributed by atoms with Crippen LogP contribution in [0.25, 0.3) is 0 Å². The number of hydrogen-bond acceptors (Lipinski definition) is 4. The molecule has 1 atom stereocenters. The molecular weight excluding hydrogens is 480 g/mol. The van der Waals surface area contributed by atoms with Crippen LogP contribution in [0.2, 0.25) is 0 Å². The van der Waals surface area contributed by atoms with Gasteiger partial charge in [-0.3, -0.25) is 0 Å². The van der Waals surface area contributed by atoms with Gasteiger partial charge in [0.15, 0.2) is 0 Å². The van der Waals surface area contributed by atoms with Crippen LogP contribution >= 0.6 is 0 Å². The number of likely N-dealkylation sites (tertiary alicyclic amines) is 1. The van der Waals surface area contributed by atoms with E-state index < -0.39 is 0 Å². The van der Waals surface area contributed by atoms with Crippen LogP contribution in [0.1, 0.15) is 55.6 Å². The number of halogens is 2. The Kier molecular flexibility index (Phi) is 7.00. The molecule has 6 rings (SSSR count). The Morgan fingerprint density at radius 3 is 2.21 bits per heavy atom. The number of rotatable bonds is 7. The smallest absolute Gasteiger partial charge is 0.123 e. The third-order valence-electron chi connectivity index (χ3n) is 9.05. The lowest BCUT2D eigenvalue weighted by atomic mass is 9.77. The first-order valence-electron chi connectivity index (χ1n) is 14.0. The van der Waals surface area contributed by atoms with Gasteiger partial charge in [-0.25, -0.2) is 8.78 Å². The van der Waals surface area contributed by atoms with E-state index in [1.165, 1.54) is 48.5 Å². The van der Waals surface area contributed by atoms with Gasteiger partial charge < -0.3 is 19.9 Å². The van der Waals surface area contributed by atoms with Crippen molar-refractivity contribution in [3.63, 3.8) is 0 Å². The van der Waals surface area contributed by atoms with Crippen molar-refractivity contribution >= 4 is 11.4 Å². The molecule has 3 heterocycles. The third kappa shape index (κ3) is 4.86. The van der Waals surface area contributed by atoms with E-state index in [0.717, 1.165) is 68.7 Å². The summed E-state index contributed by atoms with van der Waals surface area (Å²) in [5, 5.41) is 4.00. The fourth-order valence-corrected chi connectivity index (χ4v) is 7.04. The Morgan fingerprint density at radius 2 is 1.58 bits per heavy atom. The minimum absolute atomic E-state index is 0.108. The molecule has 3 aliphatic rings. The fraction of sp³-hybridized carbons (Fsp3) is 0.438. The summed E-state index contributed by atoms with van der Waals surface area (Å²) in [7, 11) is 1.73. The van der Waals surface area contributed by atoms with Gasteiger partial charge >= 0.3 is 0 Å². The van der Waals surface area contributed by atoms with Crippen LogP contribution in [0.5, 0.6) is 5.75 Å². The Balaban J connectivity index is 1.11. The summed E-state index contributed by atoms with van der Waals surface area (Å²) in [5.74, 6) is 0.573. The highest BCUT2D eigenvalue weighted by Crippen LogP contribution is 2.47. The van der Waals surface area contributed by atoms with Crippen molar-refractivity contribution in [2.75, 3.05) is 43.5 Å². The van der Waals surface area contributed by atoms with Crippen molar-refractivity contribution in [1.82, 2.24) is 4.90 Å². The molecule has 3 aromatic carbocycles. The van der Waals surface area contributed by atoms with Crippen LogP contribution in [-0.4, -0.2) is 49.8 Å². The zero-order chi connectivity index (χ0) is 26.1. The molecule has 0 amide bonds. The summed E-state index contributed by atoms with van der Waals surface area (Å²) in [4.78, 5) is 5.23. The van der Waals surface area contributed by atoms with Crippen LogP contribution in [0, 0.1) is 11.6 Å². The lowest BCUT2D eigenvalue weighted by Crippen LogP contribution is -2.62. The molecule has 0 bridgehead atoms. The first-order chi connectivity index (χ1) is 18.5. The van der Waals surface area contributed by atoms with Crippen molar-refractivity contribution in [2.24, 2.45) is 0 Å². The molecule has 3 aliphatic heterocycles. The van der Waals surface area contributed by atoms with Gasteiger partial charge in [-0.15, -0.1) is 0 Å². The second-order valence-corrected chi connectivity index (χ2v) is 11.2. The molecule has 4 nitrogen and oxygen atoms in total. The first kappa shape index (κ1) is 25.2. The van der Waals surface area contributed by atoms with E-state index in [2.05, 4.69) is 33.3 Å². The Hall–Kier alpha value is -3.12. The van der Waals surface area contributed by atoms with E-state index in [9.17, 15) is 8.78 Å². The van der Waals surface area contributed by atoms with Crippen LogP contribution < -0.4 is 15.0 Å². The maximum atomic E-state index is 13.6. The molecule has 0 saturated carbocycles. The number of fused-ring (bicyclic) bond motifs is 4. The first-order valence-corrected chi connectivity index (χ1v) is 14.0. The zero-order valence-corrected chi connectivity index (χ0v) is 22.1. The van der Waals surface area contributed by atoms with E-state index in [4.69, 9.17) is 4.74 Å². The largest absolute Gasteiger partial charge is 0.497 e. The molecule has 0 radical (unpaired) electrons. The summed E-state index contributed by atoms with van der Waals surface area (Å²) < 4.78 is 32.7. The van der Waals surface area contributed by atoms with Crippen molar-refractivity contribution in [3.8, 4) is 5.75 Å². The van der Waals surface area contributed by atoms with Gasteiger partial charge in [-0.1, -0.05) is 24.3 Å². The van der Waals surface area contributed by atoms with Gasteiger partial charge in [0.1, 0.15) is 17.4 Å². The molecule has 38 heavy (non-hydrogen) atoms. The number of ether oxygens (including phenoxy) is 1. The summed E-state index contributed by atoms with van der Waals surface area (Å²) in [6, 6.07) is 20.5. The predicted octanol–water partition coefficient (Wildman–Crippen LogP) is 6.81. The molecule has 3 aromatic rings. The summed E-state index contributed by atoms with van der Waals surface area (Å²) in [6.07, 6.45) is 6.73. The van der Waals surface area contributed by atoms with Gasteiger partial charge in [0.25, 0.3) is 0 Å². The monoisotopic (exact) mass is 517 g/mol. The normalized spacial score (nSPS) is 20.3. The van der Waals surface area contributed by atoms with E-state index in [0.29, 0.717) is 6.04 Å². The SMILES string of the molecule is COc1ccc2c(c1)NC1(CCN(CCCC(c3ccc(F)cc3)c3ccc(F)cc3)CC1)C1CCCN21. The van der Waals surface area contributed by atoms with E-state index in [1.54, 1.807) is 7.11 Å². The Bertz CT molecular complexity index is 1190. The molecule has 0 aliphatic carbocycles. The van der Waals surface area contributed by atoms with Gasteiger partial charge in [-0.2, -0.15) is 0 Å². The number of anilines is 2. The average molecular weight is 518 g/mol. The maximum absolute atomic E-state index is 13.6. The minimum Gasteiger partial charge on any atom is -0.497 e. The lowest BCUT2D eigenvalue weighted by molar-refractivity contribution is 0.152. The molecule has 2 saturated heterocycles. The standard InChI is InChI=1S/C32H37F2N3O/c1-38-27-14-15-30-29(22-27)35-32(31-5-3-19-37(30)31)16-20-36(21-17-32)18-2-4-28(23-6-10-25(33)11-7-23)24-8-12-26(34)13-9-24/h6-15,22,28,31,35H,2-5,16-21H2,1H3. The van der Waals surface area contributed by atoms with Crippen LogP contribution in [0.15, 0.2) is 66.7 Å². The second-order valence-electron chi connectivity index (χ2n) is 11.2. The van der Waals surface area contributed by atoms with E-state index in [-0.39, 0.29) is 23.1 Å². The summed E-state index contributed by atoms with van der Waals surface area (Å²) in [6.45, 7) is 4.32. The number of benzene rings is 3. The minimum atomic E-state index is -0.230. The van der Waals surface area contributed by atoms with Crippen molar-refractivity contribution in [1.29, 1.82) is 0 Å². The van der Waals surface area contributed by atoms with Gasteiger partial charge in [0.05, 0.1) is 30.1 Å². The Morgan fingerprint density at radius 1 is 0.921 bits per heavy atom. The zero-order valence-electron chi connectivity index (χ0n) is 22.1. The highest BCUT2D eigenvalue weighted by Gasteiger charge is 2.49. The van der Waals surface area contributed by atoms with Gasteiger partial charge in [0.2, 0.25) is 0 Å². The molecule has 6 heteroatoms. The molecule has 0 aromatic heterocycles. The lowest BCUT2D eigenvalue weighted by Gasteiger charge is -2.53. The maximum Gasteiger partial charge on any atom is 0.123 e. The van der Waals surface area contributed by atoms with Crippen molar-refractivity contribution in [3.05, 3.63) is 89.5 Å². The third-order valence-corrected chi connectivity index (χ3v) is 9.05. The predicted molar refractivity (Wildman–Crippen MR) is 149 cm³/mol. The fourth-order valence-electron chi connectivity index (χ4n) is 7.04. The Labute approximate surface area is 224 Å². The molecule has 2 fully saturated rings. The molecule has 1 N–H and O–H groups in total. The molecule has 200 valence electrons. The van der Waals surface area contributed by atoms with Crippen molar-refractivity contribution in [2.45, 2.75) is 56.0 Å². The van der Waals surface area contributed by atoms with E-state index in [1.807, 2.05) is 24.3 Å². The number of methoxy groups -OCH3 is 1. The molecule has 1 unspecified atom stereocenters. The second kappa shape index (κ2) is 10.6. The number of piperidine rings is 1. The van der Waals surface area contributed by atoms with Crippen LogP contribution in [0.3, 0.4) is 0 Å². The number of hydrogen-bond donors (Lipinski definition) is 1. The molecular formula is C32H37F2N3O. The van der Waals surface area contributed by atoms with Crippen molar-refractivity contribution < 1.29 is 13.5 Å². The van der Waals surface area contributed by atoms with Gasteiger partial charge in [-0.05, 0) is 92.6 Å². The van der Waals surface area contributed by atoms with Gasteiger partial charge in [0, 0.05) is 31.6 Å². The summed E-state index contributed by atoms with van der Waals surface area (Å²) >= 11 is 0. The van der Waals surface area contributed by atoms with Crippen LogP contribution in [-0.2, 0) is 0 Å². The van der Waals surface area contributed by atoms with Crippen LogP contribution in [0.4, 0.5) is 20.2 Å². The highest BCUT2D eigenvalue weighted by molar-refractivity contribution is 5.76.